The summed E-state index contributed by atoms with van der Waals surface area (Å²) in [6.45, 7) is 8.15. The zero-order valence-electron chi connectivity index (χ0n) is 12.4. The molecule has 1 heterocycles. The van der Waals surface area contributed by atoms with E-state index in [1.165, 1.54) is 16.7 Å². The molecule has 4 nitrogen and oxygen atoms in total. The van der Waals surface area contributed by atoms with Crippen LogP contribution in [0, 0.1) is 27.7 Å². The van der Waals surface area contributed by atoms with Gasteiger partial charge in [0.05, 0.1) is 5.69 Å². The van der Waals surface area contributed by atoms with Gasteiger partial charge >= 0.3 is 5.97 Å². The van der Waals surface area contributed by atoms with Crippen LogP contribution in [0.4, 0.5) is 0 Å². The number of benzene rings is 1. The molecule has 0 saturated carbocycles. The van der Waals surface area contributed by atoms with E-state index in [1.807, 2.05) is 6.92 Å². The van der Waals surface area contributed by atoms with Crippen molar-refractivity contribution in [1.82, 2.24) is 10.2 Å². The lowest BCUT2D eigenvalue weighted by molar-refractivity contribution is -0.136. The molecule has 0 aliphatic carbocycles. The van der Waals surface area contributed by atoms with E-state index < -0.39 is 5.97 Å². The second-order valence-corrected chi connectivity index (χ2v) is 5.34. The van der Waals surface area contributed by atoms with E-state index in [-0.39, 0.29) is 6.42 Å². The molecule has 0 radical (unpaired) electrons. The van der Waals surface area contributed by atoms with Crippen molar-refractivity contribution in [3.05, 3.63) is 40.1 Å². The third-order valence-electron chi connectivity index (χ3n) is 3.58. The number of H-pyrrole nitrogens is 1. The van der Waals surface area contributed by atoms with Crippen LogP contribution >= 0.6 is 0 Å². The van der Waals surface area contributed by atoms with E-state index in [2.05, 4.69) is 43.1 Å². The zero-order chi connectivity index (χ0) is 14.9. The molecule has 0 aliphatic heterocycles. The maximum absolute atomic E-state index is 10.8. The summed E-state index contributed by atoms with van der Waals surface area (Å²) < 4.78 is 0. The highest BCUT2D eigenvalue weighted by Crippen LogP contribution is 2.31. The quantitative estimate of drug-likeness (QED) is 0.897. The second-order valence-electron chi connectivity index (χ2n) is 5.34. The van der Waals surface area contributed by atoms with Gasteiger partial charge < -0.3 is 5.11 Å². The molecular formula is C16H20N2O2. The van der Waals surface area contributed by atoms with Gasteiger partial charge in [0.15, 0.2) is 0 Å². The number of carboxylic acids is 1. The van der Waals surface area contributed by atoms with Crippen molar-refractivity contribution in [3.63, 3.8) is 0 Å². The van der Waals surface area contributed by atoms with Crippen LogP contribution in [0.3, 0.4) is 0 Å². The summed E-state index contributed by atoms with van der Waals surface area (Å²) in [7, 11) is 0. The SMILES string of the molecule is Cc1cc(C)c(-c2n[nH]c(C)c2CCC(=O)O)c(C)c1. The second kappa shape index (κ2) is 5.49. The predicted octanol–water partition coefficient (Wildman–Crippen LogP) is 3.33. The Labute approximate surface area is 118 Å². The average Bonchev–Trinajstić information content (AvgIpc) is 2.67. The highest BCUT2D eigenvalue weighted by Gasteiger charge is 2.17. The van der Waals surface area contributed by atoms with Crippen LogP contribution in [0.25, 0.3) is 11.3 Å². The number of carbonyl (C=O) groups is 1. The number of aromatic nitrogens is 2. The molecule has 106 valence electrons. The summed E-state index contributed by atoms with van der Waals surface area (Å²) in [6.07, 6.45) is 0.622. The van der Waals surface area contributed by atoms with Gasteiger partial charge in [-0.3, -0.25) is 9.89 Å². The molecule has 0 spiro atoms. The molecule has 0 fully saturated rings. The molecule has 0 bridgehead atoms. The van der Waals surface area contributed by atoms with Crippen LogP contribution in [0.5, 0.6) is 0 Å². The van der Waals surface area contributed by atoms with Gasteiger partial charge in [0.25, 0.3) is 0 Å². The highest BCUT2D eigenvalue weighted by molar-refractivity contribution is 5.73. The molecule has 20 heavy (non-hydrogen) atoms. The molecule has 2 N–H and O–H groups in total. The van der Waals surface area contributed by atoms with Crippen LogP contribution < -0.4 is 0 Å². The largest absolute Gasteiger partial charge is 0.481 e. The maximum atomic E-state index is 10.8. The predicted molar refractivity (Wildman–Crippen MR) is 78.9 cm³/mol. The monoisotopic (exact) mass is 272 g/mol. The first-order valence-corrected chi connectivity index (χ1v) is 6.74. The number of aryl methyl sites for hydroxylation is 4. The van der Waals surface area contributed by atoms with Gasteiger partial charge in [0.1, 0.15) is 0 Å². The van der Waals surface area contributed by atoms with E-state index in [4.69, 9.17) is 5.11 Å². The van der Waals surface area contributed by atoms with E-state index in [9.17, 15) is 4.79 Å². The minimum absolute atomic E-state index is 0.122. The fourth-order valence-electron chi connectivity index (χ4n) is 2.75. The number of hydrogen-bond acceptors (Lipinski definition) is 2. The van der Waals surface area contributed by atoms with Crippen molar-refractivity contribution in [2.75, 3.05) is 0 Å². The molecule has 0 atom stereocenters. The van der Waals surface area contributed by atoms with Crippen LogP contribution in [-0.2, 0) is 11.2 Å². The lowest BCUT2D eigenvalue weighted by atomic mass is 9.93. The van der Waals surface area contributed by atoms with Crippen molar-refractivity contribution < 1.29 is 9.90 Å². The lowest BCUT2D eigenvalue weighted by Gasteiger charge is -2.11. The fraction of sp³-hybridized carbons (Fsp3) is 0.375. The summed E-state index contributed by atoms with van der Waals surface area (Å²) in [4.78, 5) is 10.8. The van der Waals surface area contributed by atoms with Crippen LogP contribution in [-0.4, -0.2) is 21.3 Å². The number of carboxylic acid groups (broad SMARTS) is 1. The van der Waals surface area contributed by atoms with E-state index in [0.29, 0.717) is 6.42 Å². The van der Waals surface area contributed by atoms with Gasteiger partial charge in [-0.25, -0.2) is 0 Å². The van der Waals surface area contributed by atoms with E-state index in [1.54, 1.807) is 0 Å². The minimum Gasteiger partial charge on any atom is -0.481 e. The Morgan fingerprint density at radius 1 is 1.20 bits per heavy atom. The van der Waals surface area contributed by atoms with Crippen molar-refractivity contribution in [3.8, 4) is 11.3 Å². The first kappa shape index (κ1) is 14.3. The highest BCUT2D eigenvalue weighted by atomic mass is 16.4. The molecular weight excluding hydrogens is 252 g/mol. The molecule has 0 unspecified atom stereocenters. The van der Waals surface area contributed by atoms with Crippen LogP contribution in [0.1, 0.15) is 34.4 Å². The minimum atomic E-state index is -0.783. The van der Waals surface area contributed by atoms with Crippen molar-refractivity contribution in [2.45, 2.75) is 40.5 Å². The number of aromatic amines is 1. The normalized spacial score (nSPS) is 10.8. The fourth-order valence-corrected chi connectivity index (χ4v) is 2.75. The Hall–Kier alpha value is -2.10. The first-order chi connectivity index (χ1) is 9.40. The van der Waals surface area contributed by atoms with Gasteiger partial charge in [0.2, 0.25) is 0 Å². The number of nitrogens with zero attached hydrogens (tertiary/aromatic N) is 1. The molecule has 0 aliphatic rings. The van der Waals surface area contributed by atoms with Crippen LogP contribution in [0.2, 0.25) is 0 Å². The standard InChI is InChI=1S/C16H20N2O2/c1-9-7-10(2)15(11(3)8-9)16-13(5-6-14(19)20)12(4)17-18-16/h7-8H,5-6H2,1-4H3,(H,17,18)(H,19,20). The molecule has 1 aromatic heterocycles. The summed E-state index contributed by atoms with van der Waals surface area (Å²) in [6, 6.07) is 4.26. The number of rotatable bonds is 4. The molecule has 2 aromatic rings. The average molecular weight is 272 g/mol. The van der Waals surface area contributed by atoms with Gasteiger partial charge in [-0.15, -0.1) is 0 Å². The van der Waals surface area contributed by atoms with Crippen LogP contribution in [0.15, 0.2) is 12.1 Å². The molecule has 0 amide bonds. The first-order valence-electron chi connectivity index (χ1n) is 6.74. The van der Waals surface area contributed by atoms with Crippen molar-refractivity contribution in [1.29, 1.82) is 0 Å². The van der Waals surface area contributed by atoms with Gasteiger partial charge in [-0.05, 0) is 45.2 Å². The Balaban J connectivity index is 2.51. The van der Waals surface area contributed by atoms with E-state index >= 15 is 0 Å². The maximum Gasteiger partial charge on any atom is 0.303 e. The van der Waals surface area contributed by atoms with Gasteiger partial charge in [-0.2, -0.15) is 5.10 Å². The Kier molecular flexibility index (Phi) is 3.93. The van der Waals surface area contributed by atoms with Gasteiger partial charge in [0, 0.05) is 23.2 Å². The topological polar surface area (TPSA) is 66.0 Å². The summed E-state index contributed by atoms with van der Waals surface area (Å²) in [5.41, 5.74) is 7.52. The summed E-state index contributed by atoms with van der Waals surface area (Å²) in [5.74, 6) is -0.783. The smallest absolute Gasteiger partial charge is 0.303 e. The van der Waals surface area contributed by atoms with Gasteiger partial charge in [-0.1, -0.05) is 17.7 Å². The van der Waals surface area contributed by atoms with Crippen molar-refractivity contribution in [2.24, 2.45) is 0 Å². The molecule has 0 saturated heterocycles. The Morgan fingerprint density at radius 3 is 2.35 bits per heavy atom. The van der Waals surface area contributed by atoms with E-state index in [0.717, 1.165) is 22.5 Å². The Bertz CT molecular complexity index is 633. The lowest BCUT2D eigenvalue weighted by Crippen LogP contribution is -2.00. The Morgan fingerprint density at radius 2 is 1.80 bits per heavy atom. The molecule has 4 heteroatoms. The van der Waals surface area contributed by atoms with Crippen molar-refractivity contribution >= 4 is 5.97 Å². The number of nitrogens with one attached hydrogen (secondary N) is 1. The third-order valence-corrected chi connectivity index (χ3v) is 3.58. The zero-order valence-corrected chi connectivity index (χ0v) is 12.4. The number of hydrogen-bond donors (Lipinski definition) is 2. The summed E-state index contributed by atoms with van der Waals surface area (Å²) >= 11 is 0. The molecule has 1 aromatic carbocycles. The number of aliphatic carboxylic acids is 1. The summed E-state index contributed by atoms with van der Waals surface area (Å²) in [5, 5.41) is 16.3. The molecule has 2 rings (SSSR count). The third kappa shape index (κ3) is 2.74.